The molecule has 8 nitrogen and oxygen atoms in total. The van der Waals surface area contributed by atoms with Crippen LogP contribution in [0.2, 0.25) is 0 Å². The molecule has 3 unspecified atom stereocenters. The van der Waals surface area contributed by atoms with Crippen molar-refractivity contribution in [2.75, 3.05) is 33.4 Å². The zero-order chi connectivity index (χ0) is 22.9. The first-order valence-electron chi connectivity index (χ1n) is 11.5. The van der Waals surface area contributed by atoms with Gasteiger partial charge in [0.1, 0.15) is 0 Å². The quantitative estimate of drug-likeness (QED) is 0.636. The van der Waals surface area contributed by atoms with E-state index >= 15 is 0 Å². The van der Waals surface area contributed by atoms with Gasteiger partial charge < -0.3 is 20.4 Å². The first-order chi connectivity index (χ1) is 15.5. The second kappa shape index (κ2) is 12.0. The average molecular weight is 445 g/mol. The summed E-state index contributed by atoms with van der Waals surface area (Å²) >= 11 is 0. The molecule has 8 heteroatoms. The molecule has 4 rings (SSSR count). The summed E-state index contributed by atoms with van der Waals surface area (Å²) in [7, 11) is 1.63. The maximum Gasteiger partial charge on any atom is 0.265 e. The highest BCUT2D eigenvalue weighted by atomic mass is 16.7. The van der Waals surface area contributed by atoms with Crippen LogP contribution < -0.4 is 10.6 Å². The van der Waals surface area contributed by atoms with Gasteiger partial charge in [0.25, 0.3) is 5.91 Å². The normalized spacial score (nSPS) is 20.3. The van der Waals surface area contributed by atoms with Crippen LogP contribution in [0.25, 0.3) is 10.9 Å². The Bertz CT molecular complexity index is 872. The van der Waals surface area contributed by atoms with Gasteiger partial charge in [0.2, 0.25) is 5.91 Å². The van der Waals surface area contributed by atoms with E-state index in [0.717, 1.165) is 32.2 Å². The number of hydrogen-bond donors (Lipinski definition) is 3. The standard InChI is InChI=1S/C15H27N3O4.C9H9N/c1-11(14(21-2)12-6-5-7-16-12)15(20)17-10-13(19)18-8-3-4-9-22-18;1-7-6-10-9-5-3-2-4-8(7)9/h11-12,14,16H,3-10H2,1-2H3,(H,17,20);2-6,10H,1H3. The molecule has 2 aliphatic heterocycles. The highest BCUT2D eigenvalue weighted by Crippen LogP contribution is 2.19. The Balaban J connectivity index is 0.000000238. The molecule has 3 N–H and O–H groups in total. The fourth-order valence-corrected chi connectivity index (χ4v) is 4.28. The number of aryl methyl sites for hydroxylation is 1. The summed E-state index contributed by atoms with van der Waals surface area (Å²) < 4.78 is 5.50. The van der Waals surface area contributed by atoms with E-state index in [1.165, 1.54) is 21.5 Å². The second-order valence-electron chi connectivity index (χ2n) is 8.46. The van der Waals surface area contributed by atoms with Crippen molar-refractivity contribution in [2.45, 2.75) is 51.7 Å². The highest BCUT2D eigenvalue weighted by Gasteiger charge is 2.33. The number of aromatic amines is 1. The lowest BCUT2D eigenvalue weighted by atomic mass is 9.95. The minimum atomic E-state index is -0.310. The molecule has 1 aromatic carbocycles. The molecule has 0 aliphatic carbocycles. The molecule has 0 bridgehead atoms. The van der Waals surface area contributed by atoms with Gasteiger partial charge in [-0.25, -0.2) is 5.06 Å². The molecule has 2 aromatic rings. The lowest BCUT2D eigenvalue weighted by molar-refractivity contribution is -0.196. The van der Waals surface area contributed by atoms with E-state index in [2.05, 4.69) is 40.7 Å². The maximum absolute atomic E-state index is 12.3. The summed E-state index contributed by atoms with van der Waals surface area (Å²) in [4.78, 5) is 32.7. The zero-order valence-corrected chi connectivity index (χ0v) is 19.4. The number of benzene rings is 1. The van der Waals surface area contributed by atoms with Crippen molar-refractivity contribution < 1.29 is 19.2 Å². The van der Waals surface area contributed by atoms with Crippen LogP contribution in [0, 0.1) is 12.8 Å². The van der Waals surface area contributed by atoms with Crippen molar-refractivity contribution in [3.63, 3.8) is 0 Å². The monoisotopic (exact) mass is 444 g/mol. The number of aromatic nitrogens is 1. The van der Waals surface area contributed by atoms with E-state index in [1.54, 1.807) is 7.11 Å². The molecule has 0 saturated carbocycles. The Labute approximate surface area is 190 Å². The molecular formula is C24H36N4O4. The van der Waals surface area contributed by atoms with Crippen molar-refractivity contribution >= 4 is 22.7 Å². The summed E-state index contributed by atoms with van der Waals surface area (Å²) in [6.07, 6.45) is 5.88. The lowest BCUT2D eigenvalue weighted by Crippen LogP contribution is -2.48. The van der Waals surface area contributed by atoms with Gasteiger partial charge in [-0.05, 0) is 50.8 Å². The van der Waals surface area contributed by atoms with E-state index in [-0.39, 0.29) is 36.4 Å². The number of fused-ring (bicyclic) bond motifs is 1. The van der Waals surface area contributed by atoms with Gasteiger partial charge in [0.05, 0.1) is 25.2 Å². The van der Waals surface area contributed by atoms with Gasteiger partial charge >= 0.3 is 0 Å². The predicted molar refractivity (Wildman–Crippen MR) is 124 cm³/mol. The molecule has 0 spiro atoms. The van der Waals surface area contributed by atoms with E-state index < -0.39 is 0 Å². The molecular weight excluding hydrogens is 408 g/mol. The fourth-order valence-electron chi connectivity index (χ4n) is 4.28. The number of rotatable bonds is 6. The Morgan fingerprint density at radius 2 is 2.09 bits per heavy atom. The van der Waals surface area contributed by atoms with E-state index in [9.17, 15) is 9.59 Å². The van der Waals surface area contributed by atoms with Crippen LogP contribution in [-0.2, 0) is 19.2 Å². The molecule has 2 amide bonds. The largest absolute Gasteiger partial charge is 0.379 e. The number of amides is 2. The number of methoxy groups -OCH3 is 1. The number of hydroxylamine groups is 2. The molecule has 176 valence electrons. The van der Waals surface area contributed by atoms with Crippen LogP contribution in [0.5, 0.6) is 0 Å². The van der Waals surface area contributed by atoms with Gasteiger partial charge in [0, 0.05) is 36.8 Å². The van der Waals surface area contributed by atoms with Crippen LogP contribution >= 0.6 is 0 Å². The maximum atomic E-state index is 12.3. The molecule has 2 saturated heterocycles. The average Bonchev–Trinajstić information content (AvgIpc) is 3.49. The van der Waals surface area contributed by atoms with Crippen LogP contribution in [0.3, 0.4) is 0 Å². The summed E-state index contributed by atoms with van der Waals surface area (Å²) in [5.41, 5.74) is 2.54. The van der Waals surface area contributed by atoms with E-state index in [0.29, 0.717) is 13.2 Å². The summed E-state index contributed by atoms with van der Waals surface area (Å²) in [6.45, 7) is 6.04. The third-order valence-corrected chi connectivity index (χ3v) is 6.16. The third kappa shape index (κ3) is 6.31. The number of para-hydroxylation sites is 1. The van der Waals surface area contributed by atoms with E-state index in [4.69, 9.17) is 9.57 Å². The number of ether oxygens (including phenoxy) is 1. The molecule has 0 radical (unpaired) electrons. The molecule has 3 heterocycles. The Kier molecular flexibility index (Phi) is 9.08. The van der Waals surface area contributed by atoms with Crippen molar-refractivity contribution in [3.8, 4) is 0 Å². The molecule has 3 atom stereocenters. The summed E-state index contributed by atoms with van der Waals surface area (Å²) in [5, 5.41) is 8.73. The number of H-pyrrole nitrogens is 1. The molecule has 2 aliphatic rings. The minimum absolute atomic E-state index is 0.0301. The van der Waals surface area contributed by atoms with Gasteiger partial charge in [-0.15, -0.1) is 0 Å². The van der Waals surface area contributed by atoms with Gasteiger partial charge in [0.15, 0.2) is 0 Å². The van der Waals surface area contributed by atoms with Gasteiger partial charge in [-0.3, -0.25) is 14.4 Å². The molecule has 2 fully saturated rings. The lowest BCUT2D eigenvalue weighted by Gasteiger charge is -2.28. The zero-order valence-electron chi connectivity index (χ0n) is 19.4. The van der Waals surface area contributed by atoms with Crippen molar-refractivity contribution in [3.05, 3.63) is 36.0 Å². The Morgan fingerprint density at radius 3 is 2.75 bits per heavy atom. The van der Waals surface area contributed by atoms with Crippen molar-refractivity contribution in [1.29, 1.82) is 0 Å². The topological polar surface area (TPSA) is 95.7 Å². The van der Waals surface area contributed by atoms with Crippen LogP contribution in [0.15, 0.2) is 30.5 Å². The number of hydrogen-bond acceptors (Lipinski definition) is 5. The van der Waals surface area contributed by atoms with Gasteiger partial charge in [-0.1, -0.05) is 25.1 Å². The summed E-state index contributed by atoms with van der Waals surface area (Å²) in [5.74, 6) is -0.671. The molecule has 1 aromatic heterocycles. The Morgan fingerprint density at radius 1 is 1.28 bits per heavy atom. The third-order valence-electron chi connectivity index (χ3n) is 6.16. The first kappa shape index (κ1) is 24.2. The Hall–Kier alpha value is -2.42. The highest BCUT2D eigenvalue weighted by molar-refractivity contribution is 5.85. The van der Waals surface area contributed by atoms with Crippen LogP contribution in [0.1, 0.15) is 38.2 Å². The number of nitrogens with zero attached hydrogens (tertiary/aromatic N) is 1. The second-order valence-corrected chi connectivity index (χ2v) is 8.46. The summed E-state index contributed by atoms with van der Waals surface area (Å²) in [6, 6.07) is 8.51. The number of carbonyl (C=O) groups excluding carboxylic acids is 2. The molecule has 32 heavy (non-hydrogen) atoms. The van der Waals surface area contributed by atoms with Crippen molar-refractivity contribution in [2.24, 2.45) is 5.92 Å². The van der Waals surface area contributed by atoms with E-state index in [1.807, 2.05) is 19.2 Å². The predicted octanol–water partition coefficient (Wildman–Crippen LogP) is 2.54. The van der Waals surface area contributed by atoms with Gasteiger partial charge in [-0.2, -0.15) is 0 Å². The smallest absolute Gasteiger partial charge is 0.265 e. The fraction of sp³-hybridized carbons (Fsp3) is 0.583. The van der Waals surface area contributed by atoms with Crippen LogP contribution in [-0.4, -0.2) is 67.4 Å². The first-order valence-corrected chi connectivity index (χ1v) is 11.5. The van der Waals surface area contributed by atoms with Crippen molar-refractivity contribution in [1.82, 2.24) is 20.7 Å². The SMILES string of the molecule is COC(C1CCCN1)C(C)C(=O)NCC(=O)N1CCCCO1.Cc1c[nH]c2ccccc12. The number of carbonyl (C=O) groups is 2. The minimum Gasteiger partial charge on any atom is -0.379 e. The number of nitrogens with one attached hydrogen (secondary N) is 3. The van der Waals surface area contributed by atoms with Crippen LogP contribution in [0.4, 0.5) is 0 Å².